The third kappa shape index (κ3) is 3.66. The third-order valence-electron chi connectivity index (χ3n) is 2.78. The summed E-state index contributed by atoms with van der Waals surface area (Å²) in [6.07, 6.45) is 1.12. The van der Waals surface area contributed by atoms with Gasteiger partial charge < -0.3 is 0 Å². The van der Waals surface area contributed by atoms with E-state index in [1.165, 1.54) is 0 Å². The summed E-state index contributed by atoms with van der Waals surface area (Å²) in [6.45, 7) is 3.46. The molecule has 0 spiro atoms. The van der Waals surface area contributed by atoms with Crippen molar-refractivity contribution in [2.24, 2.45) is 0 Å². The van der Waals surface area contributed by atoms with Crippen LogP contribution >= 0.6 is 0 Å². The van der Waals surface area contributed by atoms with E-state index in [9.17, 15) is 14.9 Å². The number of carbonyl (C=O) groups excluding carboxylic acids is 1. The average Bonchev–Trinajstić information content (AvgIpc) is 2.27. The lowest BCUT2D eigenvalue weighted by Crippen LogP contribution is -2.22. The van der Waals surface area contributed by atoms with Gasteiger partial charge in [0.05, 0.1) is 0 Å². The van der Waals surface area contributed by atoms with Crippen LogP contribution in [0.3, 0.4) is 0 Å². The van der Waals surface area contributed by atoms with E-state index in [1.807, 2.05) is 32.0 Å². The molecule has 1 rings (SSSR count). The minimum Gasteiger partial charge on any atom is -0.299 e. The molecule has 0 amide bonds. The summed E-state index contributed by atoms with van der Waals surface area (Å²) in [5.41, 5.74) is 1.71. The number of hydrogen-bond donors (Lipinski definition) is 0. The Morgan fingerprint density at radius 1 is 1.41 bits per heavy atom. The molecule has 92 valence electrons. The van der Waals surface area contributed by atoms with E-state index in [1.54, 1.807) is 6.07 Å². The lowest BCUT2D eigenvalue weighted by Gasteiger charge is -2.14. The maximum absolute atomic E-state index is 11.9. The predicted octanol–water partition coefficient (Wildman–Crippen LogP) is 2.72. The van der Waals surface area contributed by atoms with Crippen molar-refractivity contribution in [3.63, 3.8) is 0 Å². The number of ketones is 1. The minimum absolute atomic E-state index is 0.0431. The zero-order valence-corrected chi connectivity index (χ0v) is 10.2. The Morgan fingerprint density at radius 3 is 2.59 bits per heavy atom. The molecule has 0 aliphatic carbocycles. The molecule has 0 aromatic heterocycles. The first-order chi connectivity index (χ1) is 8.06. The number of hydrogen-bond acceptors (Lipinski definition) is 3. The molecule has 4 nitrogen and oxygen atoms in total. The van der Waals surface area contributed by atoms with E-state index >= 15 is 0 Å². The lowest BCUT2D eigenvalue weighted by molar-refractivity contribution is -0.481. The lowest BCUT2D eigenvalue weighted by atomic mass is 9.89. The molecule has 0 heterocycles. The van der Waals surface area contributed by atoms with Crippen molar-refractivity contribution in [3.8, 4) is 0 Å². The summed E-state index contributed by atoms with van der Waals surface area (Å²) in [7, 11) is 0. The Balaban J connectivity index is 3.01. The second kappa shape index (κ2) is 6.13. The van der Waals surface area contributed by atoms with Gasteiger partial charge >= 0.3 is 0 Å². The highest BCUT2D eigenvalue weighted by molar-refractivity contribution is 5.86. The maximum atomic E-state index is 11.9. The van der Waals surface area contributed by atoms with Gasteiger partial charge in [-0.25, -0.2) is 0 Å². The topological polar surface area (TPSA) is 60.2 Å². The van der Waals surface area contributed by atoms with Crippen LogP contribution in [0.2, 0.25) is 0 Å². The van der Waals surface area contributed by atoms with Crippen LogP contribution < -0.4 is 0 Å². The Bertz CT molecular complexity index is 415. The smallest absolute Gasteiger partial charge is 0.217 e. The molecule has 17 heavy (non-hydrogen) atoms. The van der Waals surface area contributed by atoms with E-state index in [0.29, 0.717) is 6.42 Å². The van der Waals surface area contributed by atoms with Crippen LogP contribution in [0.25, 0.3) is 0 Å². The largest absolute Gasteiger partial charge is 0.299 e. The van der Waals surface area contributed by atoms with Gasteiger partial charge in [-0.2, -0.15) is 0 Å². The molecule has 0 fully saturated rings. The summed E-state index contributed by atoms with van der Waals surface area (Å²) in [5.74, 6) is -0.648. The number of nitrogens with zero attached hydrogens (tertiary/aromatic N) is 1. The Morgan fingerprint density at radius 2 is 2.06 bits per heavy atom. The number of aryl methyl sites for hydroxylation is 1. The fourth-order valence-electron chi connectivity index (χ4n) is 1.92. The van der Waals surface area contributed by atoms with Gasteiger partial charge in [-0.1, -0.05) is 31.2 Å². The molecule has 0 aliphatic rings. The fraction of sp³-hybridized carbons (Fsp3) is 0.462. The van der Waals surface area contributed by atoms with E-state index in [2.05, 4.69) is 0 Å². The summed E-state index contributed by atoms with van der Waals surface area (Å²) < 4.78 is 0. The second-order valence-electron chi connectivity index (χ2n) is 4.14. The molecular formula is C13H17NO3. The van der Waals surface area contributed by atoms with E-state index in [4.69, 9.17) is 0 Å². The highest BCUT2D eigenvalue weighted by Crippen LogP contribution is 2.22. The Kier molecular flexibility index (Phi) is 4.82. The molecule has 0 aliphatic heterocycles. The fourth-order valence-corrected chi connectivity index (χ4v) is 1.92. The molecule has 1 aromatic rings. The number of rotatable bonds is 6. The maximum Gasteiger partial charge on any atom is 0.217 e. The number of benzene rings is 1. The predicted molar refractivity (Wildman–Crippen MR) is 65.7 cm³/mol. The molecule has 0 saturated heterocycles. The van der Waals surface area contributed by atoms with Crippen LogP contribution in [0.4, 0.5) is 0 Å². The quantitative estimate of drug-likeness (QED) is 0.562. The number of nitro groups is 1. The van der Waals surface area contributed by atoms with Gasteiger partial charge in [-0.3, -0.25) is 14.9 Å². The Labute approximate surface area is 101 Å². The van der Waals surface area contributed by atoms with Crippen LogP contribution in [0.15, 0.2) is 24.3 Å². The zero-order chi connectivity index (χ0) is 12.8. The molecule has 4 heteroatoms. The molecular weight excluding hydrogens is 218 g/mol. The SMILES string of the molecule is CCCC(=O)[C@@H](C[N+](=O)[O-])c1ccccc1C. The van der Waals surface area contributed by atoms with Gasteiger partial charge in [0.25, 0.3) is 0 Å². The number of Topliss-reactive ketones (excluding diaryl/α,β-unsaturated/α-hetero) is 1. The van der Waals surface area contributed by atoms with Crippen LogP contribution in [-0.2, 0) is 4.79 Å². The highest BCUT2D eigenvalue weighted by Gasteiger charge is 2.26. The molecule has 0 unspecified atom stereocenters. The van der Waals surface area contributed by atoms with Crippen LogP contribution in [-0.4, -0.2) is 17.3 Å². The first-order valence-corrected chi connectivity index (χ1v) is 5.76. The van der Waals surface area contributed by atoms with Crippen LogP contribution in [0, 0.1) is 17.0 Å². The summed E-state index contributed by atoms with van der Waals surface area (Å²) in [5, 5.41) is 10.7. The zero-order valence-electron chi connectivity index (χ0n) is 10.2. The third-order valence-corrected chi connectivity index (χ3v) is 2.78. The van der Waals surface area contributed by atoms with Crippen molar-refractivity contribution in [2.75, 3.05) is 6.54 Å². The van der Waals surface area contributed by atoms with Gasteiger partial charge in [-0.05, 0) is 24.5 Å². The Hall–Kier alpha value is -1.71. The van der Waals surface area contributed by atoms with Gasteiger partial charge in [-0.15, -0.1) is 0 Å². The normalized spacial score (nSPS) is 12.1. The van der Waals surface area contributed by atoms with Crippen LogP contribution in [0.5, 0.6) is 0 Å². The minimum atomic E-state index is -0.605. The van der Waals surface area contributed by atoms with Crippen molar-refractivity contribution in [1.82, 2.24) is 0 Å². The van der Waals surface area contributed by atoms with Gasteiger partial charge in [0.15, 0.2) is 0 Å². The summed E-state index contributed by atoms with van der Waals surface area (Å²) >= 11 is 0. The van der Waals surface area contributed by atoms with Crippen molar-refractivity contribution in [2.45, 2.75) is 32.6 Å². The second-order valence-corrected chi connectivity index (χ2v) is 4.14. The first kappa shape index (κ1) is 13.4. The van der Waals surface area contributed by atoms with Crippen LogP contribution in [0.1, 0.15) is 36.8 Å². The highest BCUT2D eigenvalue weighted by atomic mass is 16.6. The standard InChI is InChI=1S/C13H17NO3/c1-3-6-13(15)12(9-14(16)17)11-8-5-4-7-10(11)2/h4-5,7-8,12H,3,6,9H2,1-2H3/t12-/m0/s1. The van der Waals surface area contributed by atoms with E-state index in [-0.39, 0.29) is 12.3 Å². The van der Waals surface area contributed by atoms with E-state index < -0.39 is 10.8 Å². The molecule has 1 aromatic carbocycles. The summed E-state index contributed by atoms with van der Waals surface area (Å²) in [6, 6.07) is 7.36. The van der Waals surface area contributed by atoms with Gasteiger partial charge in [0.1, 0.15) is 11.7 Å². The van der Waals surface area contributed by atoms with Crippen molar-refractivity contribution in [3.05, 3.63) is 45.5 Å². The van der Waals surface area contributed by atoms with E-state index in [0.717, 1.165) is 17.5 Å². The first-order valence-electron chi connectivity index (χ1n) is 5.76. The molecule has 0 N–H and O–H groups in total. The number of carbonyl (C=O) groups is 1. The van der Waals surface area contributed by atoms with Gasteiger partial charge in [0.2, 0.25) is 6.54 Å². The molecule has 0 bridgehead atoms. The van der Waals surface area contributed by atoms with Crippen molar-refractivity contribution < 1.29 is 9.72 Å². The average molecular weight is 235 g/mol. The molecule has 0 saturated carbocycles. The molecule has 1 atom stereocenters. The summed E-state index contributed by atoms with van der Waals surface area (Å²) in [4.78, 5) is 22.2. The van der Waals surface area contributed by atoms with Crippen molar-refractivity contribution in [1.29, 1.82) is 0 Å². The van der Waals surface area contributed by atoms with Crippen molar-refractivity contribution >= 4 is 5.78 Å². The molecule has 0 radical (unpaired) electrons. The van der Waals surface area contributed by atoms with Gasteiger partial charge in [0, 0.05) is 11.3 Å². The monoisotopic (exact) mass is 235 g/mol.